The molecular weight excluding hydrogens is 841 g/mol. The van der Waals surface area contributed by atoms with Crippen molar-refractivity contribution in [2.24, 2.45) is 0 Å². The molecule has 70 heavy (non-hydrogen) atoms. The van der Waals surface area contributed by atoms with Gasteiger partial charge in [0.05, 0.1) is 0 Å². The van der Waals surface area contributed by atoms with Gasteiger partial charge >= 0.3 is 0 Å². The Morgan fingerprint density at radius 3 is 1.17 bits per heavy atom. The van der Waals surface area contributed by atoms with Gasteiger partial charge in [-0.3, -0.25) is 0 Å². The van der Waals surface area contributed by atoms with Crippen LogP contribution in [0.3, 0.4) is 0 Å². The van der Waals surface area contributed by atoms with E-state index in [9.17, 15) is 0 Å². The second-order valence-corrected chi connectivity index (χ2v) is 18.1. The maximum atomic E-state index is 4.45. The largest absolute Gasteiger partial charge is 0.0984 e. The fraction of sp³-hybridized carbons (Fsp3) is 0.0571. The van der Waals surface area contributed by atoms with Crippen LogP contribution in [0.4, 0.5) is 0 Å². The average molecular weight is 895 g/mol. The number of rotatable bonds is 8. The first-order valence-corrected chi connectivity index (χ1v) is 24.5. The van der Waals surface area contributed by atoms with Gasteiger partial charge in [-0.2, -0.15) is 0 Å². The molecule has 0 heterocycles. The van der Waals surface area contributed by atoms with Crippen LogP contribution < -0.4 is 0 Å². The van der Waals surface area contributed by atoms with Crippen molar-refractivity contribution >= 4 is 44.5 Å². The fourth-order valence-corrected chi connectivity index (χ4v) is 11.1. The molecule has 0 saturated heterocycles. The molecule has 1 unspecified atom stereocenters. The summed E-state index contributed by atoms with van der Waals surface area (Å²) in [7, 11) is 0. The van der Waals surface area contributed by atoms with E-state index < -0.39 is 0 Å². The highest BCUT2D eigenvalue weighted by molar-refractivity contribution is 6.21. The third kappa shape index (κ3) is 7.59. The first kappa shape index (κ1) is 44.0. The summed E-state index contributed by atoms with van der Waals surface area (Å²) >= 11 is 0. The Hall–Kier alpha value is -8.58. The average Bonchev–Trinajstić information content (AvgIpc) is 3.76. The summed E-state index contributed by atoms with van der Waals surface area (Å²) in [5.74, 6) is 0.0440. The van der Waals surface area contributed by atoms with Gasteiger partial charge in [-0.15, -0.1) is 0 Å². The molecule has 0 amide bonds. The van der Waals surface area contributed by atoms with Crippen molar-refractivity contribution in [3.8, 4) is 66.8 Å². The van der Waals surface area contributed by atoms with Gasteiger partial charge < -0.3 is 0 Å². The summed E-state index contributed by atoms with van der Waals surface area (Å²) in [6, 6.07) is 82.9. The van der Waals surface area contributed by atoms with E-state index in [0.29, 0.717) is 0 Å². The van der Waals surface area contributed by atoms with Gasteiger partial charge in [-0.25, -0.2) is 0 Å². The van der Waals surface area contributed by atoms with Crippen LogP contribution >= 0.6 is 0 Å². The Kier molecular flexibility index (Phi) is 12.1. The normalized spacial score (nSPS) is 12.9. The zero-order valence-corrected chi connectivity index (χ0v) is 40.0. The minimum absolute atomic E-state index is 0.0440. The molecule has 0 radical (unpaired) electrons. The SMILES string of the molecule is C/C=C\C.C=Cc1c(/C=C\C)c(-c2ccccc2)c2ccccc2c1-c1ccc2c(c1)C(c1ccccc1-c1ccc(-c3c4ccccc4c(-c4ccccc4)c4ccccc34)cc1)c1ccccc1-2. The lowest BCUT2D eigenvalue weighted by Crippen LogP contribution is -2.02. The van der Waals surface area contributed by atoms with E-state index in [1.165, 1.54) is 121 Å². The van der Waals surface area contributed by atoms with Gasteiger partial charge in [0.25, 0.3) is 0 Å². The van der Waals surface area contributed by atoms with Gasteiger partial charge in [0, 0.05) is 5.92 Å². The van der Waals surface area contributed by atoms with E-state index in [-0.39, 0.29) is 5.92 Å². The number of benzene rings is 11. The number of allylic oxidation sites excluding steroid dienone is 3. The van der Waals surface area contributed by atoms with Crippen molar-refractivity contribution in [2.45, 2.75) is 26.7 Å². The van der Waals surface area contributed by atoms with Crippen LogP contribution in [0.5, 0.6) is 0 Å². The predicted octanol–water partition coefficient (Wildman–Crippen LogP) is 19.9. The maximum Gasteiger partial charge on any atom is 0.0358 e. The van der Waals surface area contributed by atoms with Crippen molar-refractivity contribution < 1.29 is 0 Å². The molecule has 0 heteroatoms. The zero-order valence-electron chi connectivity index (χ0n) is 40.0. The van der Waals surface area contributed by atoms with E-state index in [1.807, 2.05) is 26.0 Å². The molecule has 0 aliphatic heterocycles. The predicted molar refractivity (Wildman–Crippen MR) is 304 cm³/mol. The summed E-state index contributed by atoms with van der Waals surface area (Å²) in [5, 5.41) is 7.52. The molecular formula is C70H54. The molecule has 0 spiro atoms. The molecule has 1 atom stereocenters. The number of hydrogen-bond donors (Lipinski definition) is 0. The second-order valence-electron chi connectivity index (χ2n) is 18.1. The molecule has 0 nitrogen and oxygen atoms in total. The van der Waals surface area contributed by atoms with Crippen molar-refractivity contribution in [3.05, 3.63) is 277 Å². The summed E-state index contributed by atoms with van der Waals surface area (Å²) in [6.07, 6.45) is 10.5. The van der Waals surface area contributed by atoms with Crippen molar-refractivity contribution in [3.63, 3.8) is 0 Å². The van der Waals surface area contributed by atoms with Gasteiger partial charge in [-0.05, 0) is 154 Å². The highest BCUT2D eigenvalue weighted by Crippen LogP contribution is 2.53. The van der Waals surface area contributed by atoms with Crippen LogP contribution in [0, 0.1) is 0 Å². The Balaban J connectivity index is 0.00000129. The molecule has 0 N–H and O–H groups in total. The Labute approximate surface area is 412 Å². The summed E-state index contributed by atoms with van der Waals surface area (Å²) in [6.45, 7) is 10.6. The quantitative estimate of drug-likeness (QED) is 0.105. The summed E-state index contributed by atoms with van der Waals surface area (Å²) in [5.41, 5.74) is 21.2. The highest BCUT2D eigenvalue weighted by atomic mass is 14.3. The molecule has 0 saturated carbocycles. The Morgan fingerprint density at radius 2 is 0.671 bits per heavy atom. The minimum Gasteiger partial charge on any atom is -0.0984 e. The summed E-state index contributed by atoms with van der Waals surface area (Å²) in [4.78, 5) is 0. The van der Waals surface area contributed by atoms with Crippen LogP contribution in [-0.2, 0) is 0 Å². The molecule has 11 aromatic carbocycles. The van der Waals surface area contributed by atoms with Crippen LogP contribution in [0.25, 0.3) is 111 Å². The molecule has 0 aromatic heterocycles. The third-order valence-corrected chi connectivity index (χ3v) is 14.2. The second kappa shape index (κ2) is 19.2. The lowest BCUT2D eigenvalue weighted by atomic mass is 9.81. The topological polar surface area (TPSA) is 0 Å². The first-order valence-electron chi connectivity index (χ1n) is 24.5. The van der Waals surface area contributed by atoms with E-state index in [4.69, 9.17) is 0 Å². The molecule has 12 rings (SSSR count). The van der Waals surface area contributed by atoms with Gasteiger partial charge in [-0.1, -0.05) is 255 Å². The van der Waals surface area contributed by atoms with Crippen LogP contribution in [0.2, 0.25) is 0 Å². The lowest BCUT2D eigenvalue weighted by Gasteiger charge is -2.22. The molecule has 11 aromatic rings. The molecule has 0 fully saturated rings. The minimum atomic E-state index is 0.0440. The lowest BCUT2D eigenvalue weighted by molar-refractivity contribution is 1.02. The maximum absolute atomic E-state index is 4.45. The molecule has 334 valence electrons. The van der Waals surface area contributed by atoms with Crippen LogP contribution in [0.15, 0.2) is 249 Å². The Bertz CT molecular complexity index is 3730. The number of hydrogen-bond acceptors (Lipinski definition) is 0. The monoisotopic (exact) mass is 894 g/mol. The standard InChI is InChI=1S/C66H46.C4H8/c1-3-21-52-48(4-2)65(60-35-20-19-34-59(60)62(52)44-22-7-5-8-23-44)47-40-41-51-50-27-12-14-29-54(50)66(61(51)42-47)53-28-13-11-26-49(53)43-36-38-46(39-37-43)64-57-32-17-15-30-55(57)63(45-24-9-6-10-25-45)56-31-16-18-33-58(56)64;1-3-4-2/h3-42,66H,2H2,1H3;3-4H,1-2H3/b21-3-;4-3-. The van der Waals surface area contributed by atoms with Gasteiger partial charge in [0.15, 0.2) is 0 Å². The highest BCUT2D eigenvalue weighted by Gasteiger charge is 2.32. The number of fused-ring (bicyclic) bond motifs is 6. The third-order valence-electron chi connectivity index (χ3n) is 14.2. The summed E-state index contributed by atoms with van der Waals surface area (Å²) < 4.78 is 0. The van der Waals surface area contributed by atoms with Gasteiger partial charge in [0.1, 0.15) is 0 Å². The zero-order chi connectivity index (χ0) is 47.6. The van der Waals surface area contributed by atoms with E-state index in [1.54, 1.807) is 0 Å². The molecule has 1 aliphatic rings. The van der Waals surface area contributed by atoms with Crippen LogP contribution in [0.1, 0.15) is 54.5 Å². The molecule has 0 bridgehead atoms. The molecule has 1 aliphatic carbocycles. The van der Waals surface area contributed by atoms with Crippen molar-refractivity contribution in [1.29, 1.82) is 0 Å². The fourth-order valence-electron chi connectivity index (χ4n) is 11.1. The van der Waals surface area contributed by atoms with E-state index >= 15 is 0 Å². The first-order chi connectivity index (χ1) is 34.6. The van der Waals surface area contributed by atoms with E-state index in [2.05, 4.69) is 256 Å². The smallest absolute Gasteiger partial charge is 0.0358 e. The van der Waals surface area contributed by atoms with Crippen LogP contribution in [-0.4, -0.2) is 0 Å². The van der Waals surface area contributed by atoms with E-state index in [0.717, 1.165) is 5.56 Å². The van der Waals surface area contributed by atoms with Gasteiger partial charge in [0.2, 0.25) is 0 Å². The Morgan fingerprint density at radius 1 is 0.300 bits per heavy atom. The van der Waals surface area contributed by atoms with Crippen molar-refractivity contribution in [1.82, 2.24) is 0 Å². The van der Waals surface area contributed by atoms with Crippen molar-refractivity contribution in [2.75, 3.05) is 0 Å².